The molecule has 0 bridgehead atoms. The number of carboxylic acid groups (broad SMARTS) is 1. The lowest BCUT2D eigenvalue weighted by atomic mass is 9.33. The van der Waals surface area contributed by atoms with Gasteiger partial charge in [-0.05, 0) is 109 Å². The van der Waals surface area contributed by atoms with Gasteiger partial charge in [0.05, 0.1) is 6.10 Å². The fraction of sp³-hybridized carbons (Fsp3) is 0.900. The third-order valence-corrected chi connectivity index (χ3v) is 13.0. The molecular formula is C30H47O3-. The highest BCUT2D eigenvalue weighted by Gasteiger charge is 2.68. The molecule has 0 radical (unpaired) electrons. The van der Waals surface area contributed by atoms with E-state index in [2.05, 4.69) is 54.5 Å². The number of rotatable bonds is 1. The molecule has 0 aromatic rings. The Morgan fingerprint density at radius 2 is 1.58 bits per heavy atom. The van der Waals surface area contributed by atoms with E-state index in [1.165, 1.54) is 18.4 Å². The van der Waals surface area contributed by atoms with Gasteiger partial charge in [-0.15, -0.1) is 0 Å². The number of aliphatic carboxylic acids is 1. The van der Waals surface area contributed by atoms with Crippen LogP contribution in [-0.4, -0.2) is 17.2 Å². The number of hydrogen-bond acceptors (Lipinski definition) is 3. The van der Waals surface area contributed by atoms with Gasteiger partial charge >= 0.3 is 0 Å². The van der Waals surface area contributed by atoms with Crippen molar-refractivity contribution in [2.24, 2.45) is 50.2 Å². The van der Waals surface area contributed by atoms with Crippen molar-refractivity contribution in [2.45, 2.75) is 119 Å². The van der Waals surface area contributed by atoms with Crippen LogP contribution in [0, 0.1) is 50.2 Å². The molecule has 3 heteroatoms. The molecule has 0 saturated heterocycles. The van der Waals surface area contributed by atoms with Crippen molar-refractivity contribution < 1.29 is 15.0 Å². The van der Waals surface area contributed by atoms with Crippen LogP contribution < -0.4 is 5.11 Å². The fourth-order valence-corrected chi connectivity index (χ4v) is 10.6. The molecule has 5 aliphatic carbocycles. The van der Waals surface area contributed by atoms with Crippen molar-refractivity contribution in [3.8, 4) is 0 Å². The van der Waals surface area contributed by atoms with Crippen molar-refractivity contribution >= 4 is 5.97 Å². The van der Waals surface area contributed by atoms with E-state index in [1.807, 2.05) is 0 Å². The van der Waals surface area contributed by atoms with Crippen molar-refractivity contribution in [1.29, 1.82) is 0 Å². The molecule has 1 N–H and O–H groups in total. The average molecular weight is 456 g/mol. The Balaban J connectivity index is 1.60. The third-order valence-electron chi connectivity index (χ3n) is 13.0. The van der Waals surface area contributed by atoms with E-state index in [1.54, 1.807) is 0 Å². The van der Waals surface area contributed by atoms with Gasteiger partial charge < -0.3 is 15.0 Å². The number of allylic oxidation sites excluding steroid dienone is 2. The quantitative estimate of drug-likeness (QED) is 0.501. The molecule has 0 aromatic carbocycles. The molecule has 3 nitrogen and oxygen atoms in total. The van der Waals surface area contributed by atoms with Crippen LogP contribution in [0.15, 0.2) is 11.6 Å². The first-order chi connectivity index (χ1) is 15.1. The molecule has 0 spiro atoms. The molecule has 4 fully saturated rings. The Hall–Kier alpha value is -0.830. The summed E-state index contributed by atoms with van der Waals surface area (Å²) in [5, 5.41) is 23.5. The summed E-state index contributed by atoms with van der Waals surface area (Å²) in [6.45, 7) is 16.8. The van der Waals surface area contributed by atoms with Crippen LogP contribution in [0.3, 0.4) is 0 Å². The molecule has 0 heterocycles. The molecule has 5 aliphatic rings. The van der Waals surface area contributed by atoms with Crippen molar-refractivity contribution in [3.63, 3.8) is 0 Å². The predicted octanol–water partition coefficient (Wildman–Crippen LogP) is 5.90. The summed E-state index contributed by atoms with van der Waals surface area (Å²) >= 11 is 0. The fourth-order valence-electron chi connectivity index (χ4n) is 10.6. The predicted molar refractivity (Wildman–Crippen MR) is 130 cm³/mol. The van der Waals surface area contributed by atoms with E-state index in [-0.39, 0.29) is 39.1 Å². The lowest BCUT2D eigenvalue weighted by molar-refractivity contribution is -0.327. The third kappa shape index (κ3) is 2.87. The summed E-state index contributed by atoms with van der Waals surface area (Å²) in [6, 6.07) is 0. The molecule has 0 aliphatic heterocycles. The Kier molecular flexibility index (Phi) is 4.99. The van der Waals surface area contributed by atoms with Crippen LogP contribution in [-0.2, 0) is 4.79 Å². The second-order valence-corrected chi connectivity index (χ2v) is 15.0. The normalized spacial score (nSPS) is 52.4. The summed E-state index contributed by atoms with van der Waals surface area (Å²) in [4.78, 5) is 12.6. The van der Waals surface area contributed by atoms with Crippen LogP contribution >= 0.6 is 0 Å². The number of hydrogen-bond donors (Lipinski definition) is 1. The van der Waals surface area contributed by atoms with E-state index < -0.39 is 11.4 Å². The van der Waals surface area contributed by atoms with Gasteiger partial charge in [0.2, 0.25) is 0 Å². The summed E-state index contributed by atoms with van der Waals surface area (Å²) in [6.07, 6.45) is 12.3. The molecule has 0 unspecified atom stereocenters. The molecular weight excluding hydrogens is 408 g/mol. The Bertz CT molecular complexity index is 885. The lowest BCUT2D eigenvalue weighted by Gasteiger charge is -2.71. The molecule has 5 rings (SSSR count). The first-order valence-corrected chi connectivity index (χ1v) is 13.7. The van der Waals surface area contributed by atoms with Crippen molar-refractivity contribution in [2.75, 3.05) is 0 Å². The number of fused-ring (bicyclic) bond motifs is 7. The zero-order chi connectivity index (χ0) is 24.2. The summed E-state index contributed by atoms with van der Waals surface area (Å²) in [7, 11) is 0. The molecule has 186 valence electrons. The van der Waals surface area contributed by atoms with Gasteiger partial charge in [-0.2, -0.15) is 0 Å². The SMILES string of the molecule is CC1(C)CC[C@@]2(C(=O)[O-])CC[C@@]3(C)C(=CC[C@H]4[C@@]5(C)CC[C@H](O)C(C)(C)[C@@H]5CC[C@@]43C)[C@@H]2C1. The number of carbonyl (C=O) groups is 1. The van der Waals surface area contributed by atoms with Gasteiger partial charge in [-0.1, -0.05) is 60.1 Å². The van der Waals surface area contributed by atoms with E-state index >= 15 is 0 Å². The largest absolute Gasteiger partial charge is 0.550 e. The molecule has 33 heavy (non-hydrogen) atoms. The van der Waals surface area contributed by atoms with Gasteiger partial charge in [0.25, 0.3) is 0 Å². The van der Waals surface area contributed by atoms with Gasteiger partial charge in [-0.25, -0.2) is 0 Å². The topological polar surface area (TPSA) is 60.4 Å². The minimum Gasteiger partial charge on any atom is -0.550 e. The zero-order valence-corrected chi connectivity index (χ0v) is 22.2. The molecule has 0 amide bonds. The smallest absolute Gasteiger partial charge is 0.0594 e. The maximum atomic E-state index is 12.6. The standard InChI is InChI=1S/C30H48O3/c1-25(2)14-16-30(24(32)33)17-15-28(6)19(20(30)18-25)8-9-22-27(5)12-11-23(31)26(3,4)21(27)10-13-29(22,28)7/h8,20-23,31H,9-18H2,1-7H3,(H,32,33)/p-1/t20-,21-,22-,23-,27-,28-,29-,30+/m0/s1. The van der Waals surface area contributed by atoms with Crippen LogP contribution in [0.2, 0.25) is 0 Å². The van der Waals surface area contributed by atoms with E-state index in [0.717, 1.165) is 51.4 Å². The minimum absolute atomic E-state index is 0.0384. The van der Waals surface area contributed by atoms with E-state index in [4.69, 9.17) is 0 Å². The average Bonchev–Trinajstić information content (AvgIpc) is 2.71. The van der Waals surface area contributed by atoms with Crippen LogP contribution in [0.25, 0.3) is 0 Å². The van der Waals surface area contributed by atoms with Gasteiger partial charge in [-0.3, -0.25) is 0 Å². The first kappa shape index (κ1) is 23.9. The summed E-state index contributed by atoms with van der Waals surface area (Å²) in [5.41, 5.74) is 1.43. The van der Waals surface area contributed by atoms with E-state index in [9.17, 15) is 15.0 Å². The number of carboxylic acids is 1. The highest BCUT2D eigenvalue weighted by atomic mass is 16.4. The second-order valence-electron chi connectivity index (χ2n) is 15.0. The Morgan fingerprint density at radius 1 is 0.909 bits per heavy atom. The second kappa shape index (κ2) is 6.89. The highest BCUT2D eigenvalue weighted by Crippen LogP contribution is 2.75. The number of carbonyl (C=O) groups excluding carboxylic acids is 1. The van der Waals surface area contributed by atoms with Crippen LogP contribution in [0.4, 0.5) is 0 Å². The summed E-state index contributed by atoms with van der Waals surface area (Å²) < 4.78 is 0. The van der Waals surface area contributed by atoms with E-state index in [0.29, 0.717) is 11.8 Å². The maximum absolute atomic E-state index is 12.6. The monoisotopic (exact) mass is 455 g/mol. The number of aliphatic hydroxyl groups is 1. The van der Waals surface area contributed by atoms with Crippen LogP contribution in [0.5, 0.6) is 0 Å². The van der Waals surface area contributed by atoms with Gasteiger partial charge in [0.1, 0.15) is 0 Å². The van der Waals surface area contributed by atoms with Gasteiger partial charge in [0, 0.05) is 11.4 Å². The number of aliphatic hydroxyl groups excluding tert-OH is 1. The van der Waals surface area contributed by atoms with Crippen molar-refractivity contribution in [3.05, 3.63) is 11.6 Å². The Morgan fingerprint density at radius 3 is 2.24 bits per heavy atom. The zero-order valence-electron chi connectivity index (χ0n) is 22.2. The highest BCUT2D eigenvalue weighted by molar-refractivity contribution is 5.74. The van der Waals surface area contributed by atoms with Gasteiger partial charge in [0.15, 0.2) is 0 Å². The maximum Gasteiger partial charge on any atom is 0.0594 e. The lowest BCUT2D eigenvalue weighted by Crippen LogP contribution is -2.65. The first-order valence-electron chi connectivity index (χ1n) is 13.7. The summed E-state index contributed by atoms with van der Waals surface area (Å²) in [5.74, 6) is 0.469. The Labute approximate surface area is 201 Å². The molecule has 0 aromatic heterocycles. The molecule has 4 saturated carbocycles. The van der Waals surface area contributed by atoms with Crippen molar-refractivity contribution in [1.82, 2.24) is 0 Å². The minimum atomic E-state index is -0.795. The van der Waals surface area contributed by atoms with Crippen LogP contribution in [0.1, 0.15) is 113 Å². The molecule has 8 atom stereocenters.